The van der Waals surface area contributed by atoms with Crippen LogP contribution in [0.2, 0.25) is 0 Å². The molecule has 0 saturated heterocycles. The highest BCUT2D eigenvalue weighted by Gasteiger charge is 2.22. The first-order valence-electron chi connectivity index (χ1n) is 15.7. The number of imidazole rings is 1. The molecule has 0 unspecified atom stereocenters. The molecule has 0 aliphatic heterocycles. The lowest BCUT2D eigenvalue weighted by Crippen LogP contribution is -2.04. The third kappa shape index (κ3) is 3.66. The summed E-state index contributed by atoms with van der Waals surface area (Å²) in [5.41, 5.74) is 13.5. The summed E-state index contributed by atoms with van der Waals surface area (Å²) in [7, 11) is 0. The quantitative estimate of drug-likeness (QED) is 0.193. The van der Waals surface area contributed by atoms with E-state index >= 15 is 0 Å². The second-order valence-corrected chi connectivity index (χ2v) is 12.3. The van der Waals surface area contributed by atoms with Gasteiger partial charge >= 0.3 is 0 Å². The zero-order valence-electron chi connectivity index (χ0n) is 24.7. The van der Waals surface area contributed by atoms with Gasteiger partial charge in [0, 0.05) is 17.3 Å². The van der Waals surface area contributed by atoms with Gasteiger partial charge in [-0.3, -0.25) is 4.40 Å². The molecule has 2 heterocycles. The SMILES string of the molecule is C1=Cc2cccc3c2c(c2c4c(cc(-c5ccc(-c6c(-c7ccc8ccccc8c7)nc7ccccn67)cc5)cc43)C=CC2)C1. The van der Waals surface area contributed by atoms with Crippen LogP contribution < -0.4 is 0 Å². The van der Waals surface area contributed by atoms with Crippen molar-refractivity contribution < 1.29 is 0 Å². The Morgan fingerprint density at radius 2 is 1.24 bits per heavy atom. The topological polar surface area (TPSA) is 17.3 Å². The van der Waals surface area contributed by atoms with E-state index in [1.807, 2.05) is 0 Å². The van der Waals surface area contributed by atoms with Crippen molar-refractivity contribution in [2.45, 2.75) is 12.8 Å². The molecule has 2 nitrogen and oxygen atoms in total. The minimum Gasteiger partial charge on any atom is -0.299 e. The molecule has 0 saturated carbocycles. The Balaban J connectivity index is 1.14. The molecule has 0 N–H and O–H groups in total. The zero-order valence-corrected chi connectivity index (χ0v) is 24.7. The van der Waals surface area contributed by atoms with Crippen LogP contribution in [0.15, 0.2) is 134 Å². The standard InChI is InChI=1S/C43H28N2/c1-2-9-31-24-33(22-19-27(31)8-1)42-43(45-23-4-3-16-39(45)44-42)30-20-17-28(18-21-30)34-25-32-12-7-14-36-35-13-5-10-29-11-6-15-37(40(29)35)38(26-34)41(32)36/h1-12,15-26H,13-14H2. The zero-order chi connectivity index (χ0) is 29.5. The highest BCUT2D eigenvalue weighted by Crippen LogP contribution is 2.43. The van der Waals surface area contributed by atoms with Crippen LogP contribution in [0, 0.1) is 0 Å². The van der Waals surface area contributed by atoms with E-state index in [4.69, 9.17) is 4.98 Å². The molecule has 0 amide bonds. The summed E-state index contributed by atoms with van der Waals surface area (Å²) in [6.45, 7) is 0. The number of rotatable bonds is 3. The maximum Gasteiger partial charge on any atom is 0.137 e. The van der Waals surface area contributed by atoms with Crippen LogP contribution in [0.5, 0.6) is 0 Å². The number of hydrogen-bond acceptors (Lipinski definition) is 1. The molecule has 2 aromatic heterocycles. The van der Waals surface area contributed by atoms with Gasteiger partial charge in [-0.1, -0.05) is 109 Å². The number of nitrogens with zero attached hydrogens (tertiary/aromatic N) is 2. The van der Waals surface area contributed by atoms with Gasteiger partial charge in [0.1, 0.15) is 5.65 Å². The van der Waals surface area contributed by atoms with Gasteiger partial charge in [0.05, 0.1) is 11.4 Å². The Hall–Kier alpha value is -5.73. The predicted octanol–water partition coefficient (Wildman–Crippen LogP) is 10.9. The van der Waals surface area contributed by atoms with Crippen LogP contribution >= 0.6 is 0 Å². The van der Waals surface area contributed by atoms with Crippen molar-refractivity contribution in [3.05, 3.63) is 156 Å². The van der Waals surface area contributed by atoms with E-state index in [9.17, 15) is 0 Å². The number of fused-ring (bicyclic) bond motifs is 4. The van der Waals surface area contributed by atoms with Gasteiger partial charge < -0.3 is 0 Å². The number of pyridine rings is 1. The average Bonchev–Trinajstić information content (AvgIpc) is 3.50. The Morgan fingerprint density at radius 3 is 2.11 bits per heavy atom. The summed E-state index contributed by atoms with van der Waals surface area (Å²) < 4.78 is 2.21. The molecule has 2 heteroatoms. The Bertz CT molecular complexity index is 2580. The lowest BCUT2D eigenvalue weighted by Gasteiger charge is -2.24. The van der Waals surface area contributed by atoms with Crippen LogP contribution in [0.25, 0.3) is 83.8 Å². The molecule has 0 spiro atoms. The summed E-state index contributed by atoms with van der Waals surface area (Å²) in [6.07, 6.45) is 13.4. The molecule has 8 aromatic rings. The fourth-order valence-corrected chi connectivity index (χ4v) is 7.77. The second kappa shape index (κ2) is 9.38. The summed E-state index contributed by atoms with van der Waals surface area (Å²) in [6, 6.07) is 42.0. The van der Waals surface area contributed by atoms with Gasteiger partial charge in [-0.05, 0) is 109 Å². The Morgan fingerprint density at radius 1 is 0.511 bits per heavy atom. The van der Waals surface area contributed by atoms with Crippen LogP contribution in [0.4, 0.5) is 0 Å². The number of hydrogen-bond donors (Lipinski definition) is 0. The fourth-order valence-electron chi connectivity index (χ4n) is 7.77. The number of allylic oxidation sites excluding steroid dienone is 2. The summed E-state index contributed by atoms with van der Waals surface area (Å²) in [5.74, 6) is 0. The largest absolute Gasteiger partial charge is 0.299 e. The van der Waals surface area contributed by atoms with Crippen molar-refractivity contribution >= 4 is 50.1 Å². The molecule has 45 heavy (non-hydrogen) atoms. The van der Waals surface area contributed by atoms with E-state index in [2.05, 4.69) is 150 Å². The lowest BCUT2D eigenvalue weighted by atomic mass is 9.80. The van der Waals surface area contributed by atoms with Crippen LogP contribution in [0.1, 0.15) is 22.3 Å². The monoisotopic (exact) mass is 572 g/mol. The third-order valence-corrected chi connectivity index (χ3v) is 9.81. The van der Waals surface area contributed by atoms with Gasteiger partial charge in [0.2, 0.25) is 0 Å². The first-order chi connectivity index (χ1) is 22.3. The van der Waals surface area contributed by atoms with Crippen LogP contribution in [0.3, 0.4) is 0 Å². The smallest absolute Gasteiger partial charge is 0.137 e. The molecular formula is C43H28N2. The van der Waals surface area contributed by atoms with Gasteiger partial charge in [-0.25, -0.2) is 4.98 Å². The maximum atomic E-state index is 5.12. The first-order valence-corrected chi connectivity index (χ1v) is 15.7. The molecule has 0 atom stereocenters. The summed E-state index contributed by atoms with van der Waals surface area (Å²) >= 11 is 0. The predicted molar refractivity (Wildman–Crippen MR) is 189 cm³/mol. The minimum atomic E-state index is 0.949. The first kappa shape index (κ1) is 24.7. The summed E-state index contributed by atoms with van der Waals surface area (Å²) in [4.78, 5) is 5.12. The van der Waals surface area contributed by atoms with Crippen molar-refractivity contribution in [2.24, 2.45) is 0 Å². The van der Waals surface area contributed by atoms with Gasteiger partial charge in [-0.2, -0.15) is 0 Å². The van der Waals surface area contributed by atoms with Crippen molar-refractivity contribution in [1.29, 1.82) is 0 Å². The summed E-state index contributed by atoms with van der Waals surface area (Å²) in [5, 5.41) is 8.05. The molecule has 10 rings (SSSR count). The average molecular weight is 573 g/mol. The molecule has 0 fully saturated rings. The van der Waals surface area contributed by atoms with Crippen LogP contribution in [-0.4, -0.2) is 9.38 Å². The number of benzene rings is 6. The molecule has 6 aromatic carbocycles. The Labute approximate surface area is 261 Å². The molecule has 0 bridgehead atoms. The van der Waals surface area contributed by atoms with E-state index < -0.39 is 0 Å². The highest BCUT2D eigenvalue weighted by atomic mass is 15.0. The second-order valence-electron chi connectivity index (χ2n) is 12.3. The van der Waals surface area contributed by atoms with Gasteiger partial charge in [0.15, 0.2) is 0 Å². The van der Waals surface area contributed by atoms with E-state index in [1.165, 1.54) is 65.7 Å². The van der Waals surface area contributed by atoms with Gasteiger partial charge in [0.25, 0.3) is 0 Å². The molecule has 2 aliphatic carbocycles. The Kier molecular flexibility index (Phi) is 5.15. The molecule has 0 radical (unpaired) electrons. The highest BCUT2D eigenvalue weighted by molar-refractivity contribution is 6.17. The maximum absolute atomic E-state index is 5.12. The fraction of sp³-hybridized carbons (Fsp3) is 0.0465. The third-order valence-electron chi connectivity index (χ3n) is 9.81. The van der Waals surface area contributed by atoms with Crippen molar-refractivity contribution in [3.63, 3.8) is 0 Å². The number of aromatic nitrogens is 2. The van der Waals surface area contributed by atoms with E-state index in [0.29, 0.717) is 0 Å². The van der Waals surface area contributed by atoms with E-state index in [0.717, 1.165) is 41.0 Å². The lowest BCUT2D eigenvalue weighted by molar-refractivity contribution is 1.18. The van der Waals surface area contributed by atoms with Crippen molar-refractivity contribution in [1.82, 2.24) is 9.38 Å². The van der Waals surface area contributed by atoms with E-state index in [1.54, 1.807) is 0 Å². The van der Waals surface area contributed by atoms with Crippen molar-refractivity contribution in [3.8, 4) is 33.6 Å². The molecule has 2 aliphatic rings. The van der Waals surface area contributed by atoms with Crippen LogP contribution in [-0.2, 0) is 12.8 Å². The van der Waals surface area contributed by atoms with Gasteiger partial charge in [-0.15, -0.1) is 0 Å². The minimum absolute atomic E-state index is 0.949. The van der Waals surface area contributed by atoms with Crippen molar-refractivity contribution in [2.75, 3.05) is 0 Å². The molecule has 210 valence electrons. The molecular weight excluding hydrogens is 544 g/mol. The normalized spacial score (nSPS) is 13.4. The van der Waals surface area contributed by atoms with E-state index in [-0.39, 0.29) is 0 Å².